The first kappa shape index (κ1) is 13.9. The van der Waals surface area contributed by atoms with Crippen molar-refractivity contribution in [1.82, 2.24) is 14.8 Å². The van der Waals surface area contributed by atoms with Crippen LogP contribution in [0.5, 0.6) is 0 Å². The lowest BCUT2D eigenvalue weighted by atomic mass is 10.3. The van der Waals surface area contributed by atoms with Gasteiger partial charge in [-0.25, -0.2) is 0 Å². The van der Waals surface area contributed by atoms with Crippen LogP contribution in [0.2, 0.25) is 0 Å². The highest BCUT2D eigenvalue weighted by Gasteiger charge is 2.12. The van der Waals surface area contributed by atoms with Crippen LogP contribution in [0.25, 0.3) is 0 Å². The van der Waals surface area contributed by atoms with Crippen molar-refractivity contribution in [2.75, 3.05) is 52.5 Å². The van der Waals surface area contributed by atoms with Crippen LogP contribution in [0.15, 0.2) is 11.7 Å². The van der Waals surface area contributed by atoms with E-state index in [0.717, 1.165) is 52.5 Å². The number of hydrogen-bond donors (Lipinski definition) is 1. The first-order chi connectivity index (χ1) is 8.88. The molecule has 5 nitrogen and oxygen atoms in total. The van der Waals surface area contributed by atoms with E-state index < -0.39 is 0 Å². The monoisotopic (exact) mass is 271 g/mol. The molecule has 2 rings (SSSR count). The third-order valence-corrected chi connectivity index (χ3v) is 3.88. The molecule has 2 heterocycles. The highest BCUT2D eigenvalue weighted by molar-refractivity contribution is 7.09. The lowest BCUT2D eigenvalue weighted by Gasteiger charge is -2.29. The second kappa shape index (κ2) is 7.81. The Bertz CT molecular complexity index is 315. The van der Waals surface area contributed by atoms with Crippen molar-refractivity contribution < 1.29 is 9.84 Å². The number of aromatic nitrogens is 1. The van der Waals surface area contributed by atoms with Crippen LogP contribution >= 0.6 is 11.3 Å². The normalized spacial score (nSPS) is 17.4. The maximum Gasteiger partial charge on any atom is 0.0794 e. The fraction of sp³-hybridized carbons (Fsp3) is 0.750. The fourth-order valence-electron chi connectivity index (χ4n) is 2.06. The van der Waals surface area contributed by atoms with Crippen LogP contribution in [0.3, 0.4) is 0 Å². The first-order valence-electron chi connectivity index (χ1n) is 6.39. The summed E-state index contributed by atoms with van der Waals surface area (Å²) in [5, 5.41) is 9.11. The Labute approximate surface area is 112 Å². The van der Waals surface area contributed by atoms with Crippen molar-refractivity contribution in [3.63, 3.8) is 0 Å². The van der Waals surface area contributed by atoms with Crippen LogP contribution < -0.4 is 0 Å². The molecular formula is C12H21N3O2S. The second-order valence-electron chi connectivity index (χ2n) is 4.42. The van der Waals surface area contributed by atoms with E-state index in [4.69, 9.17) is 9.84 Å². The largest absolute Gasteiger partial charge is 0.395 e. The van der Waals surface area contributed by atoms with E-state index in [0.29, 0.717) is 0 Å². The van der Waals surface area contributed by atoms with E-state index in [1.165, 1.54) is 4.88 Å². The van der Waals surface area contributed by atoms with E-state index >= 15 is 0 Å². The van der Waals surface area contributed by atoms with E-state index in [1.54, 1.807) is 11.3 Å². The number of hydrogen-bond acceptors (Lipinski definition) is 6. The first-order valence-corrected chi connectivity index (χ1v) is 7.27. The summed E-state index contributed by atoms with van der Waals surface area (Å²) in [5.41, 5.74) is 1.86. The second-order valence-corrected chi connectivity index (χ2v) is 5.39. The standard InChI is InChI=1S/C12H21N3O2S/c16-6-3-15(10-12-9-13-11-18-12)2-1-14-4-7-17-8-5-14/h9,11,16H,1-8,10H2. The van der Waals surface area contributed by atoms with Crippen molar-refractivity contribution in [3.8, 4) is 0 Å². The summed E-state index contributed by atoms with van der Waals surface area (Å²) >= 11 is 1.67. The quantitative estimate of drug-likeness (QED) is 0.771. The average molecular weight is 271 g/mol. The predicted octanol–water partition coefficient (Wildman–Crippen LogP) is 0.270. The summed E-state index contributed by atoms with van der Waals surface area (Å²) < 4.78 is 5.34. The Morgan fingerprint density at radius 2 is 2.22 bits per heavy atom. The van der Waals surface area contributed by atoms with Gasteiger partial charge in [0.25, 0.3) is 0 Å². The highest BCUT2D eigenvalue weighted by Crippen LogP contribution is 2.09. The summed E-state index contributed by atoms with van der Waals surface area (Å²) in [6.45, 7) is 7.57. The Morgan fingerprint density at radius 3 is 2.89 bits per heavy atom. The zero-order valence-corrected chi connectivity index (χ0v) is 11.4. The molecule has 18 heavy (non-hydrogen) atoms. The van der Waals surface area contributed by atoms with Gasteiger partial charge in [-0.3, -0.25) is 14.8 Å². The van der Waals surface area contributed by atoms with E-state index in [2.05, 4.69) is 14.8 Å². The van der Waals surface area contributed by atoms with Gasteiger partial charge in [0.15, 0.2) is 0 Å². The van der Waals surface area contributed by atoms with Crippen LogP contribution in [0.4, 0.5) is 0 Å². The molecule has 0 spiro atoms. The molecule has 0 bridgehead atoms. The molecule has 0 amide bonds. The van der Waals surface area contributed by atoms with Crippen molar-refractivity contribution in [1.29, 1.82) is 0 Å². The van der Waals surface area contributed by atoms with Gasteiger partial charge in [0, 0.05) is 50.3 Å². The molecule has 1 aromatic rings. The van der Waals surface area contributed by atoms with Gasteiger partial charge in [-0.1, -0.05) is 0 Å². The smallest absolute Gasteiger partial charge is 0.0794 e. The molecule has 6 heteroatoms. The molecule has 0 aromatic carbocycles. The molecule has 1 aromatic heterocycles. The summed E-state index contributed by atoms with van der Waals surface area (Å²) in [7, 11) is 0. The number of rotatable bonds is 7. The lowest BCUT2D eigenvalue weighted by molar-refractivity contribution is 0.0321. The minimum Gasteiger partial charge on any atom is -0.395 e. The third kappa shape index (κ3) is 4.62. The molecular weight excluding hydrogens is 250 g/mol. The molecule has 102 valence electrons. The number of aliphatic hydroxyl groups excluding tert-OH is 1. The highest BCUT2D eigenvalue weighted by atomic mass is 32.1. The lowest BCUT2D eigenvalue weighted by Crippen LogP contribution is -2.41. The summed E-state index contributed by atoms with van der Waals surface area (Å²) in [6, 6.07) is 0. The molecule has 0 unspecified atom stereocenters. The topological polar surface area (TPSA) is 48.8 Å². The summed E-state index contributed by atoms with van der Waals surface area (Å²) in [6.07, 6.45) is 1.91. The van der Waals surface area contributed by atoms with Gasteiger partial charge < -0.3 is 9.84 Å². The van der Waals surface area contributed by atoms with E-state index in [1.807, 2.05) is 11.7 Å². The minimum absolute atomic E-state index is 0.210. The predicted molar refractivity (Wildman–Crippen MR) is 71.7 cm³/mol. The van der Waals surface area contributed by atoms with Crippen LogP contribution in [0.1, 0.15) is 4.88 Å². The van der Waals surface area contributed by atoms with Crippen LogP contribution in [-0.4, -0.2) is 72.4 Å². The van der Waals surface area contributed by atoms with Gasteiger partial charge in [0.1, 0.15) is 0 Å². The van der Waals surface area contributed by atoms with Crippen LogP contribution in [0, 0.1) is 0 Å². The number of morpholine rings is 1. The third-order valence-electron chi connectivity index (χ3n) is 3.12. The van der Waals surface area contributed by atoms with Gasteiger partial charge in [0.2, 0.25) is 0 Å². The number of aliphatic hydroxyl groups is 1. The Balaban J connectivity index is 1.74. The SMILES string of the molecule is OCCN(CCN1CCOCC1)Cc1cncs1. The molecule has 1 fully saturated rings. The van der Waals surface area contributed by atoms with E-state index in [-0.39, 0.29) is 6.61 Å². The molecule has 0 aliphatic carbocycles. The van der Waals surface area contributed by atoms with Gasteiger partial charge in [-0.15, -0.1) is 11.3 Å². The zero-order chi connectivity index (χ0) is 12.6. The number of thiazole rings is 1. The van der Waals surface area contributed by atoms with Crippen molar-refractivity contribution in [3.05, 3.63) is 16.6 Å². The number of ether oxygens (including phenoxy) is 1. The van der Waals surface area contributed by atoms with Gasteiger partial charge >= 0.3 is 0 Å². The molecule has 1 aliphatic rings. The minimum atomic E-state index is 0.210. The molecule has 0 atom stereocenters. The van der Waals surface area contributed by atoms with Crippen LogP contribution in [-0.2, 0) is 11.3 Å². The van der Waals surface area contributed by atoms with E-state index in [9.17, 15) is 0 Å². The molecule has 1 N–H and O–H groups in total. The summed E-state index contributed by atoms with van der Waals surface area (Å²) in [4.78, 5) is 10.0. The van der Waals surface area contributed by atoms with Gasteiger partial charge in [0.05, 0.1) is 25.3 Å². The molecule has 0 radical (unpaired) electrons. The maximum absolute atomic E-state index is 9.11. The van der Waals surface area contributed by atoms with Crippen molar-refractivity contribution in [2.45, 2.75) is 6.54 Å². The molecule has 1 saturated heterocycles. The Kier molecular flexibility index (Phi) is 6.02. The zero-order valence-electron chi connectivity index (χ0n) is 10.6. The number of nitrogens with zero attached hydrogens (tertiary/aromatic N) is 3. The van der Waals surface area contributed by atoms with Gasteiger partial charge in [-0.05, 0) is 0 Å². The molecule has 1 aliphatic heterocycles. The Morgan fingerprint density at radius 1 is 1.39 bits per heavy atom. The van der Waals surface area contributed by atoms with Crippen molar-refractivity contribution in [2.24, 2.45) is 0 Å². The van der Waals surface area contributed by atoms with Gasteiger partial charge in [-0.2, -0.15) is 0 Å². The fourth-order valence-corrected chi connectivity index (χ4v) is 2.70. The summed E-state index contributed by atoms with van der Waals surface area (Å²) in [5.74, 6) is 0. The Hall–Kier alpha value is -0.530. The molecule has 0 saturated carbocycles. The average Bonchev–Trinajstić information content (AvgIpc) is 2.90. The van der Waals surface area contributed by atoms with Crippen molar-refractivity contribution >= 4 is 11.3 Å². The maximum atomic E-state index is 9.11.